The number of rotatable bonds is 4. The van der Waals surface area contributed by atoms with Crippen molar-refractivity contribution >= 4 is 0 Å². The minimum Gasteiger partial charge on any atom is -0.271 e. The fourth-order valence-electron chi connectivity index (χ4n) is 9.27. The van der Waals surface area contributed by atoms with E-state index in [0.29, 0.717) is 21.9 Å². The summed E-state index contributed by atoms with van der Waals surface area (Å²) >= 11 is 0. The molecule has 0 aliphatic heterocycles. The van der Waals surface area contributed by atoms with Crippen LogP contribution in [0.4, 0.5) is 0 Å². The third kappa shape index (κ3) is 3.39. The van der Waals surface area contributed by atoms with Gasteiger partial charge >= 0.3 is 0 Å². The molecule has 4 aliphatic rings. The minimum atomic E-state index is 0.530. The molecule has 0 radical (unpaired) electrons. The van der Waals surface area contributed by atoms with E-state index in [-0.39, 0.29) is 0 Å². The monoisotopic (exact) mass is 421 g/mol. The topological polar surface area (TPSA) is 41.6 Å². The Morgan fingerprint density at radius 1 is 1.03 bits per heavy atom. The molecule has 0 amide bonds. The summed E-state index contributed by atoms with van der Waals surface area (Å²) in [6, 6.07) is 4.01. The third-order valence-corrected chi connectivity index (χ3v) is 11.6. The van der Waals surface area contributed by atoms with Crippen molar-refractivity contribution in [2.24, 2.45) is 45.8 Å². The van der Waals surface area contributed by atoms with Crippen molar-refractivity contribution in [1.29, 1.82) is 5.26 Å². The Balaban J connectivity index is 1.29. The van der Waals surface area contributed by atoms with Crippen LogP contribution in [0.2, 0.25) is 0 Å². The van der Waals surface area contributed by atoms with Crippen LogP contribution in [0.3, 0.4) is 0 Å². The van der Waals surface area contributed by atoms with E-state index in [1.807, 2.05) is 16.9 Å². The number of aryl methyl sites for hydroxylation is 1. The fraction of sp³-hybridized carbons (Fsp3) is 0.857. The van der Waals surface area contributed by atoms with E-state index in [0.717, 1.165) is 36.1 Å². The highest BCUT2D eigenvalue weighted by molar-refractivity contribution is 5.16. The molecule has 3 heteroatoms. The van der Waals surface area contributed by atoms with Crippen LogP contribution in [0.1, 0.15) is 104 Å². The molecule has 5 rings (SSSR count). The van der Waals surface area contributed by atoms with Gasteiger partial charge in [0.2, 0.25) is 0 Å². The lowest BCUT2D eigenvalue weighted by Crippen LogP contribution is -2.54. The Bertz CT molecular complexity index is 851. The van der Waals surface area contributed by atoms with E-state index in [9.17, 15) is 0 Å². The molecule has 8 atom stereocenters. The average molecular weight is 422 g/mol. The lowest BCUT2D eigenvalue weighted by Gasteiger charge is -2.62. The number of aromatic nitrogens is 2. The van der Waals surface area contributed by atoms with Gasteiger partial charge in [-0.05, 0) is 116 Å². The Labute approximate surface area is 190 Å². The van der Waals surface area contributed by atoms with Gasteiger partial charge in [0.05, 0.1) is 0 Å². The van der Waals surface area contributed by atoms with Gasteiger partial charge in [-0.15, -0.1) is 0 Å². The molecule has 31 heavy (non-hydrogen) atoms. The lowest BCUT2D eigenvalue weighted by molar-refractivity contribution is -0.129. The highest BCUT2D eigenvalue weighted by Crippen LogP contribution is 2.69. The van der Waals surface area contributed by atoms with Crippen molar-refractivity contribution in [3.8, 4) is 6.07 Å². The van der Waals surface area contributed by atoms with Crippen molar-refractivity contribution < 1.29 is 0 Å². The first-order chi connectivity index (χ1) is 14.8. The lowest BCUT2D eigenvalue weighted by atomic mass is 9.43. The molecule has 1 aromatic rings. The smallest absolute Gasteiger partial charge is 0.162 e. The molecule has 0 aromatic carbocycles. The third-order valence-electron chi connectivity index (χ3n) is 11.6. The summed E-state index contributed by atoms with van der Waals surface area (Å²) in [5.41, 5.74) is 2.30. The molecule has 1 aromatic heterocycles. The predicted molar refractivity (Wildman–Crippen MR) is 125 cm³/mol. The number of fused-ring (bicyclic) bond motifs is 5. The van der Waals surface area contributed by atoms with Gasteiger partial charge < -0.3 is 0 Å². The van der Waals surface area contributed by atoms with Crippen LogP contribution in [-0.2, 0) is 6.54 Å². The summed E-state index contributed by atoms with van der Waals surface area (Å²) < 4.78 is 2.00. The molecule has 4 saturated carbocycles. The fourth-order valence-corrected chi connectivity index (χ4v) is 9.27. The minimum absolute atomic E-state index is 0.530. The van der Waals surface area contributed by atoms with E-state index in [1.165, 1.54) is 70.6 Å². The van der Waals surface area contributed by atoms with Crippen LogP contribution < -0.4 is 0 Å². The highest BCUT2D eigenvalue weighted by atomic mass is 15.3. The largest absolute Gasteiger partial charge is 0.271 e. The van der Waals surface area contributed by atoms with E-state index >= 15 is 0 Å². The standard InChI is InChI=1S/C28H43N3/c1-5-26(2)14-15-28(4)21(18-26)6-8-23-24-9-7-20(27(24,3)13-10-25(23)28)11-16-31-17-12-22(19-29)30-31/h12,17,20-21,23-25H,5-11,13-16,18H2,1-4H3/t20?,21?,23?,24?,25?,26-,27?,28?/m0/s1. The zero-order chi connectivity index (χ0) is 21.9. The summed E-state index contributed by atoms with van der Waals surface area (Å²) in [7, 11) is 0. The van der Waals surface area contributed by atoms with Crippen LogP contribution in [0.25, 0.3) is 0 Å². The van der Waals surface area contributed by atoms with Gasteiger partial charge in [0.1, 0.15) is 6.07 Å². The van der Waals surface area contributed by atoms with Crippen molar-refractivity contribution in [2.75, 3.05) is 0 Å². The Kier molecular flexibility index (Phi) is 5.31. The van der Waals surface area contributed by atoms with Gasteiger partial charge in [-0.25, -0.2) is 0 Å². The number of hydrogen-bond acceptors (Lipinski definition) is 2. The summed E-state index contributed by atoms with van der Waals surface area (Å²) in [6.45, 7) is 11.3. The van der Waals surface area contributed by atoms with Gasteiger partial charge in [0, 0.05) is 12.7 Å². The molecule has 3 nitrogen and oxygen atoms in total. The van der Waals surface area contributed by atoms with Crippen molar-refractivity contribution in [1.82, 2.24) is 9.78 Å². The molecule has 1 heterocycles. The summed E-state index contributed by atoms with van der Waals surface area (Å²) in [6.07, 6.45) is 17.8. The first-order valence-electron chi connectivity index (χ1n) is 13.2. The van der Waals surface area contributed by atoms with Crippen molar-refractivity contribution in [3.05, 3.63) is 18.0 Å². The maximum absolute atomic E-state index is 9.06. The predicted octanol–water partition coefficient (Wildman–Crippen LogP) is 7.22. The van der Waals surface area contributed by atoms with E-state index in [2.05, 4.69) is 38.9 Å². The summed E-state index contributed by atoms with van der Waals surface area (Å²) in [5, 5.41) is 13.5. The molecule has 0 saturated heterocycles. The Hall–Kier alpha value is -1.30. The van der Waals surface area contributed by atoms with Crippen LogP contribution in [-0.4, -0.2) is 9.78 Å². The van der Waals surface area contributed by atoms with Crippen LogP contribution >= 0.6 is 0 Å². The molecular formula is C28H43N3. The molecule has 170 valence electrons. The molecular weight excluding hydrogens is 378 g/mol. The molecule has 0 N–H and O–H groups in total. The molecule has 4 aliphatic carbocycles. The Morgan fingerprint density at radius 2 is 1.84 bits per heavy atom. The van der Waals surface area contributed by atoms with Crippen LogP contribution in [0, 0.1) is 57.2 Å². The van der Waals surface area contributed by atoms with Gasteiger partial charge in [-0.3, -0.25) is 4.68 Å². The quantitative estimate of drug-likeness (QED) is 0.515. The van der Waals surface area contributed by atoms with Crippen molar-refractivity contribution in [3.63, 3.8) is 0 Å². The van der Waals surface area contributed by atoms with E-state index < -0.39 is 0 Å². The van der Waals surface area contributed by atoms with Gasteiger partial charge in [0.25, 0.3) is 0 Å². The van der Waals surface area contributed by atoms with E-state index in [1.54, 1.807) is 0 Å². The first kappa shape index (κ1) is 21.5. The molecule has 4 fully saturated rings. The molecule has 0 spiro atoms. The second-order valence-electron chi connectivity index (χ2n) is 12.7. The number of hydrogen-bond donors (Lipinski definition) is 0. The maximum Gasteiger partial charge on any atom is 0.162 e. The second kappa shape index (κ2) is 7.64. The summed E-state index contributed by atoms with van der Waals surface area (Å²) in [4.78, 5) is 0. The molecule has 0 bridgehead atoms. The molecule has 7 unspecified atom stereocenters. The maximum atomic E-state index is 9.06. The number of nitrogens with zero attached hydrogens (tertiary/aromatic N) is 3. The zero-order valence-electron chi connectivity index (χ0n) is 20.4. The normalized spacial score (nSPS) is 46.6. The highest BCUT2D eigenvalue weighted by Gasteiger charge is 2.60. The van der Waals surface area contributed by atoms with Crippen molar-refractivity contribution in [2.45, 2.75) is 105 Å². The Morgan fingerprint density at radius 3 is 2.58 bits per heavy atom. The van der Waals surface area contributed by atoms with Gasteiger partial charge in [-0.2, -0.15) is 10.4 Å². The first-order valence-corrected chi connectivity index (χ1v) is 13.2. The average Bonchev–Trinajstić information content (AvgIpc) is 3.36. The van der Waals surface area contributed by atoms with Gasteiger partial charge in [-0.1, -0.05) is 34.1 Å². The van der Waals surface area contributed by atoms with Crippen LogP contribution in [0.15, 0.2) is 12.3 Å². The second-order valence-corrected chi connectivity index (χ2v) is 12.7. The number of nitriles is 1. The summed E-state index contributed by atoms with van der Waals surface area (Å²) in [5.74, 6) is 4.71. The van der Waals surface area contributed by atoms with Crippen LogP contribution in [0.5, 0.6) is 0 Å². The van der Waals surface area contributed by atoms with E-state index in [4.69, 9.17) is 5.26 Å². The van der Waals surface area contributed by atoms with Gasteiger partial charge in [0.15, 0.2) is 5.69 Å². The zero-order valence-corrected chi connectivity index (χ0v) is 20.4. The SMILES string of the molecule is CC[C@@]1(C)CCC2(C)C(CCC3C4CCC(CCn5ccc(C#N)n5)C4(C)CCC32)C1.